The molecule has 1 saturated heterocycles. The summed E-state index contributed by atoms with van der Waals surface area (Å²) in [7, 11) is 0. The number of aryl methyl sites for hydroxylation is 1. The van der Waals surface area contributed by atoms with Crippen LogP contribution in [-0.4, -0.2) is 64.8 Å². The number of nitrogens with zero attached hydrogens (tertiary/aromatic N) is 3. The lowest BCUT2D eigenvalue weighted by Gasteiger charge is -2.43. The van der Waals surface area contributed by atoms with Crippen LogP contribution in [0.4, 0.5) is 5.69 Å². The number of carbonyl (C=O) groups excluding carboxylic acids is 2. The zero-order chi connectivity index (χ0) is 26.2. The Hall–Kier alpha value is -3.30. The number of hydrogen-bond donors (Lipinski definition) is 2. The number of nitrogens with two attached hydrogens (primary N) is 1. The van der Waals surface area contributed by atoms with E-state index in [0.29, 0.717) is 44.1 Å². The SMILES string of the molecule is Cc1ccc(C(=O)N2CCC(N(Cc3ccc([N+](=O)[O-])cc3)CC(C)C)C[C@@H]2C(=O)NCCN)cc1. The van der Waals surface area contributed by atoms with E-state index in [4.69, 9.17) is 5.73 Å². The highest BCUT2D eigenvalue weighted by Gasteiger charge is 2.38. The van der Waals surface area contributed by atoms with Gasteiger partial charge in [-0.2, -0.15) is 0 Å². The van der Waals surface area contributed by atoms with Crippen molar-refractivity contribution >= 4 is 17.5 Å². The molecule has 2 aromatic carbocycles. The molecule has 0 saturated carbocycles. The Kier molecular flexibility index (Phi) is 9.55. The summed E-state index contributed by atoms with van der Waals surface area (Å²) >= 11 is 0. The molecule has 36 heavy (non-hydrogen) atoms. The van der Waals surface area contributed by atoms with Gasteiger partial charge in [0.25, 0.3) is 11.6 Å². The third kappa shape index (κ3) is 7.11. The van der Waals surface area contributed by atoms with E-state index in [1.807, 2.05) is 19.1 Å². The highest BCUT2D eigenvalue weighted by atomic mass is 16.6. The molecule has 1 unspecified atom stereocenters. The van der Waals surface area contributed by atoms with Gasteiger partial charge >= 0.3 is 0 Å². The van der Waals surface area contributed by atoms with E-state index < -0.39 is 11.0 Å². The standard InChI is InChI=1S/C27H37N5O4/c1-19(2)17-30(18-21-6-10-23(11-7-21)32(35)36)24-12-15-31(25(16-24)26(33)29-14-13-28)27(34)22-8-4-20(3)5-9-22/h4-11,19,24-25H,12-18,28H2,1-3H3,(H,29,33)/t24?,25-/m1/s1. The van der Waals surface area contributed by atoms with Crippen molar-refractivity contribution in [1.29, 1.82) is 0 Å². The van der Waals surface area contributed by atoms with Crippen LogP contribution in [0.1, 0.15) is 48.2 Å². The second-order valence-corrected chi connectivity index (χ2v) is 9.89. The van der Waals surface area contributed by atoms with Gasteiger partial charge in [-0.25, -0.2) is 0 Å². The van der Waals surface area contributed by atoms with Gasteiger partial charge < -0.3 is 16.0 Å². The van der Waals surface area contributed by atoms with Crippen LogP contribution in [0.2, 0.25) is 0 Å². The summed E-state index contributed by atoms with van der Waals surface area (Å²) in [6.07, 6.45) is 1.24. The van der Waals surface area contributed by atoms with Gasteiger partial charge in [0.1, 0.15) is 6.04 Å². The predicted octanol–water partition coefficient (Wildman–Crippen LogP) is 3.11. The Morgan fingerprint density at radius 1 is 1.17 bits per heavy atom. The van der Waals surface area contributed by atoms with E-state index in [-0.39, 0.29) is 23.5 Å². The maximum absolute atomic E-state index is 13.4. The molecule has 2 aromatic rings. The third-order valence-electron chi connectivity index (χ3n) is 6.53. The van der Waals surface area contributed by atoms with Crippen LogP contribution in [0.15, 0.2) is 48.5 Å². The number of hydrogen-bond acceptors (Lipinski definition) is 6. The molecule has 3 rings (SSSR count). The van der Waals surface area contributed by atoms with Crippen LogP contribution in [0, 0.1) is 23.0 Å². The third-order valence-corrected chi connectivity index (χ3v) is 6.53. The Bertz CT molecular complexity index is 1040. The Morgan fingerprint density at radius 2 is 1.83 bits per heavy atom. The lowest BCUT2D eigenvalue weighted by Crippen LogP contribution is -2.57. The van der Waals surface area contributed by atoms with Crippen molar-refractivity contribution in [3.05, 3.63) is 75.3 Å². The molecule has 1 aliphatic heterocycles. The smallest absolute Gasteiger partial charge is 0.269 e. The first-order valence-electron chi connectivity index (χ1n) is 12.5. The molecule has 9 nitrogen and oxygen atoms in total. The molecule has 1 fully saturated rings. The number of likely N-dealkylation sites (tertiary alicyclic amines) is 1. The van der Waals surface area contributed by atoms with E-state index in [1.54, 1.807) is 29.2 Å². The van der Waals surface area contributed by atoms with E-state index in [0.717, 1.165) is 24.1 Å². The van der Waals surface area contributed by atoms with Gasteiger partial charge in [0.05, 0.1) is 4.92 Å². The van der Waals surface area contributed by atoms with Crippen LogP contribution in [0.5, 0.6) is 0 Å². The number of piperidine rings is 1. The zero-order valence-corrected chi connectivity index (χ0v) is 21.4. The number of non-ortho nitro benzene ring substituents is 1. The minimum absolute atomic E-state index is 0.0636. The van der Waals surface area contributed by atoms with Crippen LogP contribution < -0.4 is 11.1 Å². The molecule has 0 radical (unpaired) electrons. The number of benzene rings is 2. The molecular formula is C27H37N5O4. The molecule has 0 spiro atoms. The van der Waals surface area contributed by atoms with Crippen LogP contribution in [0.25, 0.3) is 0 Å². The molecule has 3 N–H and O–H groups in total. The first-order valence-corrected chi connectivity index (χ1v) is 12.5. The fourth-order valence-corrected chi connectivity index (χ4v) is 4.71. The van der Waals surface area contributed by atoms with Gasteiger partial charge in [-0.15, -0.1) is 0 Å². The average Bonchev–Trinajstić information content (AvgIpc) is 2.86. The number of amides is 2. The van der Waals surface area contributed by atoms with Crippen LogP contribution in [0.3, 0.4) is 0 Å². The van der Waals surface area contributed by atoms with Crippen molar-refractivity contribution in [1.82, 2.24) is 15.1 Å². The van der Waals surface area contributed by atoms with Gasteiger partial charge in [-0.05, 0) is 43.4 Å². The van der Waals surface area contributed by atoms with Gasteiger partial charge in [0.2, 0.25) is 5.91 Å². The molecule has 1 aliphatic rings. The van der Waals surface area contributed by atoms with E-state index in [1.165, 1.54) is 12.1 Å². The van der Waals surface area contributed by atoms with Crippen molar-refractivity contribution in [3.63, 3.8) is 0 Å². The second kappa shape index (κ2) is 12.6. The minimum atomic E-state index is -0.601. The zero-order valence-electron chi connectivity index (χ0n) is 21.4. The molecule has 194 valence electrons. The van der Waals surface area contributed by atoms with Crippen molar-refractivity contribution in [2.75, 3.05) is 26.2 Å². The molecule has 1 heterocycles. The number of nitrogens with one attached hydrogen (secondary N) is 1. The lowest BCUT2D eigenvalue weighted by atomic mass is 9.93. The van der Waals surface area contributed by atoms with Gasteiger partial charge in [0, 0.05) is 56.5 Å². The second-order valence-electron chi connectivity index (χ2n) is 9.89. The maximum Gasteiger partial charge on any atom is 0.269 e. The number of nitro groups is 1. The van der Waals surface area contributed by atoms with Gasteiger partial charge in [0.15, 0.2) is 0 Å². The molecule has 2 atom stereocenters. The van der Waals surface area contributed by atoms with E-state index in [2.05, 4.69) is 24.1 Å². The topological polar surface area (TPSA) is 122 Å². The lowest BCUT2D eigenvalue weighted by molar-refractivity contribution is -0.384. The Balaban J connectivity index is 1.82. The molecule has 0 bridgehead atoms. The molecule has 9 heteroatoms. The summed E-state index contributed by atoms with van der Waals surface area (Å²) in [5.74, 6) is 0.0531. The van der Waals surface area contributed by atoms with Crippen molar-refractivity contribution in [2.24, 2.45) is 11.7 Å². The monoisotopic (exact) mass is 495 g/mol. The highest BCUT2D eigenvalue weighted by Crippen LogP contribution is 2.27. The first kappa shape index (κ1) is 27.3. The average molecular weight is 496 g/mol. The Labute approximate surface area is 212 Å². The summed E-state index contributed by atoms with van der Waals surface area (Å²) in [5, 5.41) is 13.9. The normalized spacial score (nSPS) is 17.9. The van der Waals surface area contributed by atoms with Crippen LogP contribution >= 0.6 is 0 Å². The molecular weight excluding hydrogens is 458 g/mol. The maximum atomic E-state index is 13.4. The quantitative estimate of drug-likeness (QED) is 0.386. The van der Waals surface area contributed by atoms with Crippen molar-refractivity contribution < 1.29 is 14.5 Å². The summed E-state index contributed by atoms with van der Waals surface area (Å²) in [6.45, 7) is 8.83. The number of rotatable bonds is 10. The van der Waals surface area contributed by atoms with Gasteiger partial charge in [-0.1, -0.05) is 43.7 Å². The van der Waals surface area contributed by atoms with E-state index in [9.17, 15) is 19.7 Å². The summed E-state index contributed by atoms with van der Waals surface area (Å²) in [5.41, 5.74) is 8.28. The molecule has 0 aromatic heterocycles. The fraction of sp³-hybridized carbons (Fsp3) is 0.481. The predicted molar refractivity (Wildman–Crippen MR) is 139 cm³/mol. The molecule has 0 aliphatic carbocycles. The first-order chi connectivity index (χ1) is 17.2. The fourth-order valence-electron chi connectivity index (χ4n) is 4.71. The summed E-state index contributed by atoms with van der Waals surface area (Å²) in [4.78, 5) is 41.2. The number of nitro benzene ring substituents is 1. The largest absolute Gasteiger partial charge is 0.353 e. The number of carbonyl (C=O) groups is 2. The Morgan fingerprint density at radius 3 is 2.42 bits per heavy atom. The minimum Gasteiger partial charge on any atom is -0.353 e. The van der Waals surface area contributed by atoms with Gasteiger partial charge in [-0.3, -0.25) is 24.6 Å². The van der Waals surface area contributed by atoms with Crippen LogP contribution in [-0.2, 0) is 11.3 Å². The van der Waals surface area contributed by atoms with Crippen molar-refractivity contribution in [2.45, 2.75) is 52.2 Å². The summed E-state index contributed by atoms with van der Waals surface area (Å²) in [6, 6.07) is 13.5. The van der Waals surface area contributed by atoms with E-state index >= 15 is 0 Å². The van der Waals surface area contributed by atoms with Crippen molar-refractivity contribution in [3.8, 4) is 0 Å². The highest BCUT2D eigenvalue weighted by molar-refractivity contribution is 5.97. The molecule has 2 amide bonds. The summed E-state index contributed by atoms with van der Waals surface area (Å²) < 4.78 is 0.